The molecule has 0 fully saturated rings. The maximum Gasteiger partial charge on any atom is 0.119 e. The molecule has 0 saturated carbocycles. The van der Waals surface area contributed by atoms with Crippen LogP contribution in [0.25, 0.3) is 11.0 Å². The molecule has 0 spiro atoms. The van der Waals surface area contributed by atoms with E-state index in [1.54, 1.807) is 7.11 Å². The van der Waals surface area contributed by atoms with Gasteiger partial charge in [-0.25, -0.2) is 4.98 Å². The van der Waals surface area contributed by atoms with Crippen molar-refractivity contribution >= 4 is 22.6 Å². The van der Waals surface area contributed by atoms with Gasteiger partial charge in [-0.2, -0.15) is 0 Å². The zero-order valence-electron chi connectivity index (χ0n) is 17.1. The molecular formula is C25H25ClN2O2. The minimum Gasteiger partial charge on any atom is -0.497 e. The third-order valence-electron chi connectivity index (χ3n) is 5.14. The van der Waals surface area contributed by atoms with Crippen molar-refractivity contribution in [2.45, 2.75) is 25.8 Å². The van der Waals surface area contributed by atoms with Gasteiger partial charge in [0.1, 0.15) is 17.3 Å². The molecule has 1 heterocycles. The average Bonchev–Trinajstić information content (AvgIpc) is 3.12. The van der Waals surface area contributed by atoms with Gasteiger partial charge in [0.2, 0.25) is 0 Å². The van der Waals surface area contributed by atoms with Gasteiger partial charge in [-0.1, -0.05) is 41.9 Å². The van der Waals surface area contributed by atoms with Crippen molar-refractivity contribution in [3.63, 3.8) is 0 Å². The molecule has 30 heavy (non-hydrogen) atoms. The van der Waals surface area contributed by atoms with Crippen LogP contribution in [0.4, 0.5) is 0 Å². The number of hydrogen-bond acceptors (Lipinski definition) is 3. The maximum atomic E-state index is 6.39. The van der Waals surface area contributed by atoms with Crippen LogP contribution in [0.3, 0.4) is 0 Å². The van der Waals surface area contributed by atoms with E-state index in [4.69, 9.17) is 26.1 Å². The molecule has 0 unspecified atom stereocenters. The molecule has 0 N–H and O–H groups in total. The smallest absolute Gasteiger partial charge is 0.119 e. The number of rotatable bonds is 9. The number of ether oxygens (including phenoxy) is 2. The van der Waals surface area contributed by atoms with Gasteiger partial charge in [-0.3, -0.25) is 0 Å². The van der Waals surface area contributed by atoms with Crippen LogP contribution in [0.2, 0.25) is 5.02 Å². The van der Waals surface area contributed by atoms with E-state index >= 15 is 0 Å². The Hall–Kier alpha value is -2.98. The summed E-state index contributed by atoms with van der Waals surface area (Å²) in [5.74, 6) is 2.74. The zero-order valence-corrected chi connectivity index (χ0v) is 17.8. The van der Waals surface area contributed by atoms with Crippen molar-refractivity contribution in [1.82, 2.24) is 9.55 Å². The molecule has 5 heteroatoms. The fraction of sp³-hybridized carbons (Fsp3) is 0.240. The van der Waals surface area contributed by atoms with Crippen molar-refractivity contribution < 1.29 is 9.47 Å². The number of nitrogens with zero attached hydrogens (tertiary/aromatic N) is 2. The van der Waals surface area contributed by atoms with Gasteiger partial charge in [-0.15, -0.1) is 0 Å². The second kappa shape index (κ2) is 9.68. The highest BCUT2D eigenvalue weighted by Gasteiger charge is 2.12. The van der Waals surface area contributed by atoms with Crippen molar-refractivity contribution in [1.29, 1.82) is 0 Å². The van der Waals surface area contributed by atoms with Crippen LogP contribution in [-0.2, 0) is 13.0 Å². The van der Waals surface area contributed by atoms with Crippen molar-refractivity contribution in [3.05, 3.63) is 89.2 Å². The predicted molar refractivity (Wildman–Crippen MR) is 122 cm³/mol. The van der Waals surface area contributed by atoms with E-state index < -0.39 is 0 Å². The van der Waals surface area contributed by atoms with Crippen molar-refractivity contribution in [3.8, 4) is 11.5 Å². The van der Waals surface area contributed by atoms with Crippen LogP contribution in [-0.4, -0.2) is 23.3 Å². The number of methoxy groups -OCH3 is 1. The average molecular weight is 421 g/mol. The lowest BCUT2D eigenvalue weighted by Crippen LogP contribution is -2.07. The monoisotopic (exact) mass is 420 g/mol. The fourth-order valence-electron chi connectivity index (χ4n) is 3.56. The number of hydrogen-bond donors (Lipinski definition) is 0. The molecule has 0 atom stereocenters. The van der Waals surface area contributed by atoms with E-state index in [0.717, 1.165) is 64.8 Å². The summed E-state index contributed by atoms with van der Waals surface area (Å²) in [4.78, 5) is 4.87. The van der Waals surface area contributed by atoms with Gasteiger partial charge in [0.15, 0.2) is 0 Å². The van der Waals surface area contributed by atoms with Crippen molar-refractivity contribution in [2.24, 2.45) is 0 Å². The second-order valence-electron chi connectivity index (χ2n) is 7.17. The van der Waals surface area contributed by atoms with Crippen molar-refractivity contribution in [2.75, 3.05) is 13.7 Å². The summed E-state index contributed by atoms with van der Waals surface area (Å²) in [7, 11) is 1.66. The third kappa shape index (κ3) is 4.77. The fourth-order valence-corrected chi connectivity index (χ4v) is 3.76. The van der Waals surface area contributed by atoms with Gasteiger partial charge in [0.05, 0.1) is 24.8 Å². The first-order valence-corrected chi connectivity index (χ1v) is 10.6. The summed E-state index contributed by atoms with van der Waals surface area (Å²) < 4.78 is 13.3. The van der Waals surface area contributed by atoms with E-state index in [1.165, 1.54) is 0 Å². The minimum absolute atomic E-state index is 0.679. The number of unbranched alkanes of at least 4 members (excludes halogenated alkanes) is 1. The Kier molecular flexibility index (Phi) is 6.55. The highest BCUT2D eigenvalue weighted by Crippen LogP contribution is 2.23. The van der Waals surface area contributed by atoms with Crippen LogP contribution >= 0.6 is 11.6 Å². The zero-order chi connectivity index (χ0) is 20.8. The lowest BCUT2D eigenvalue weighted by molar-refractivity contribution is 0.302. The standard InChI is InChI=1S/C25H25ClN2O2/c1-29-20-12-14-21(15-13-20)30-17-7-6-16-28-24-11-5-4-10-23(24)27-25(28)18-19-8-2-3-9-22(19)26/h2-5,8-15H,6-7,16-18H2,1H3. The summed E-state index contributed by atoms with van der Waals surface area (Å²) >= 11 is 6.39. The van der Waals surface area contributed by atoms with Gasteiger partial charge < -0.3 is 14.0 Å². The minimum atomic E-state index is 0.679. The topological polar surface area (TPSA) is 36.3 Å². The number of imidazole rings is 1. The summed E-state index contributed by atoms with van der Waals surface area (Å²) in [5, 5.41) is 0.781. The Bertz CT molecular complexity index is 1110. The first kappa shape index (κ1) is 20.3. The maximum absolute atomic E-state index is 6.39. The molecule has 4 aromatic rings. The lowest BCUT2D eigenvalue weighted by Gasteiger charge is -2.11. The molecule has 0 aliphatic heterocycles. The molecule has 0 radical (unpaired) electrons. The molecule has 0 amide bonds. The molecule has 1 aromatic heterocycles. The van der Waals surface area contributed by atoms with E-state index in [2.05, 4.69) is 28.8 Å². The van der Waals surface area contributed by atoms with Crippen LogP contribution in [0.5, 0.6) is 11.5 Å². The molecule has 0 aliphatic rings. The SMILES string of the molecule is COc1ccc(OCCCCn2c(Cc3ccccc3Cl)nc3ccccc32)cc1. The van der Waals surface area contributed by atoms with E-state index in [-0.39, 0.29) is 0 Å². The lowest BCUT2D eigenvalue weighted by atomic mass is 10.1. The van der Waals surface area contributed by atoms with Gasteiger partial charge in [0, 0.05) is 18.0 Å². The highest BCUT2D eigenvalue weighted by molar-refractivity contribution is 6.31. The van der Waals surface area contributed by atoms with Gasteiger partial charge in [-0.05, 0) is 60.9 Å². The van der Waals surface area contributed by atoms with Crippen LogP contribution in [0, 0.1) is 0 Å². The Morgan fingerprint density at radius 2 is 1.60 bits per heavy atom. The molecule has 4 nitrogen and oxygen atoms in total. The number of fused-ring (bicyclic) bond motifs is 1. The molecule has 0 aliphatic carbocycles. The molecule has 4 rings (SSSR count). The van der Waals surface area contributed by atoms with Gasteiger partial charge in [0.25, 0.3) is 0 Å². The number of halogens is 1. The Balaban J connectivity index is 1.40. The first-order valence-electron chi connectivity index (χ1n) is 10.2. The Morgan fingerprint density at radius 3 is 2.40 bits per heavy atom. The Labute approximate surface area is 182 Å². The first-order chi connectivity index (χ1) is 14.7. The van der Waals surface area contributed by atoms with Gasteiger partial charge >= 0.3 is 0 Å². The number of benzene rings is 3. The predicted octanol–water partition coefficient (Wildman–Crippen LogP) is 6.15. The molecular weight excluding hydrogens is 396 g/mol. The van der Waals surface area contributed by atoms with E-state index in [9.17, 15) is 0 Å². The number of para-hydroxylation sites is 2. The van der Waals surface area contributed by atoms with E-state index in [0.29, 0.717) is 6.61 Å². The summed E-state index contributed by atoms with van der Waals surface area (Å²) in [6, 6.07) is 23.9. The van der Waals surface area contributed by atoms with E-state index in [1.807, 2.05) is 48.5 Å². The quantitative estimate of drug-likeness (QED) is 0.305. The number of aryl methyl sites for hydroxylation is 1. The molecule has 0 bridgehead atoms. The van der Waals surface area contributed by atoms with Crippen LogP contribution in [0.15, 0.2) is 72.8 Å². The largest absolute Gasteiger partial charge is 0.497 e. The number of aromatic nitrogens is 2. The normalized spacial score (nSPS) is 11.0. The second-order valence-corrected chi connectivity index (χ2v) is 7.57. The Morgan fingerprint density at radius 1 is 0.867 bits per heavy atom. The summed E-state index contributed by atoms with van der Waals surface area (Å²) in [5.41, 5.74) is 3.28. The van der Waals surface area contributed by atoms with Crippen LogP contribution in [0.1, 0.15) is 24.2 Å². The molecule has 0 saturated heterocycles. The molecule has 154 valence electrons. The summed E-state index contributed by atoms with van der Waals surface area (Å²) in [6.07, 6.45) is 2.69. The summed E-state index contributed by atoms with van der Waals surface area (Å²) in [6.45, 7) is 1.57. The highest BCUT2D eigenvalue weighted by atomic mass is 35.5. The molecule has 3 aromatic carbocycles. The van der Waals surface area contributed by atoms with Crippen LogP contribution < -0.4 is 9.47 Å². The third-order valence-corrected chi connectivity index (χ3v) is 5.51.